The van der Waals surface area contributed by atoms with Gasteiger partial charge in [-0.2, -0.15) is 0 Å². The Balaban J connectivity index is 2.56. The van der Waals surface area contributed by atoms with Crippen molar-refractivity contribution in [2.24, 2.45) is 5.92 Å². The van der Waals surface area contributed by atoms with Crippen LogP contribution in [0.1, 0.15) is 36.2 Å². The van der Waals surface area contributed by atoms with Crippen molar-refractivity contribution in [3.63, 3.8) is 0 Å². The van der Waals surface area contributed by atoms with E-state index in [2.05, 4.69) is 10.1 Å². The molecular weight excluding hydrogens is 298 g/mol. The summed E-state index contributed by atoms with van der Waals surface area (Å²) in [7, 11) is 1.27. The van der Waals surface area contributed by atoms with Crippen molar-refractivity contribution < 1.29 is 23.9 Å². The first-order chi connectivity index (χ1) is 10.9. The number of hydrogen-bond donors (Lipinski definition) is 1. The minimum Gasteiger partial charge on any atom is -0.467 e. The molecule has 1 aromatic rings. The molecule has 0 fully saturated rings. The highest BCUT2D eigenvalue weighted by atomic mass is 16.5. The Morgan fingerprint density at radius 2 is 1.78 bits per heavy atom. The summed E-state index contributed by atoms with van der Waals surface area (Å²) in [5, 5.41) is 2.54. The third kappa shape index (κ3) is 5.73. The number of aryl methyl sites for hydroxylation is 1. The summed E-state index contributed by atoms with van der Waals surface area (Å²) in [6.45, 7) is 5.20. The monoisotopic (exact) mass is 321 g/mol. The van der Waals surface area contributed by atoms with Crippen LogP contribution >= 0.6 is 0 Å². The number of ether oxygens (including phenoxy) is 2. The lowest BCUT2D eigenvalue weighted by Gasteiger charge is -2.21. The summed E-state index contributed by atoms with van der Waals surface area (Å²) >= 11 is 0. The van der Waals surface area contributed by atoms with E-state index in [-0.39, 0.29) is 5.92 Å². The van der Waals surface area contributed by atoms with Gasteiger partial charge in [0.05, 0.1) is 12.7 Å². The number of carbonyl (C=O) groups is 3. The molecule has 0 heterocycles. The molecule has 1 amide bonds. The van der Waals surface area contributed by atoms with Crippen LogP contribution in [-0.2, 0) is 19.1 Å². The predicted molar refractivity (Wildman–Crippen MR) is 84.9 cm³/mol. The minimum atomic E-state index is -0.754. The van der Waals surface area contributed by atoms with Gasteiger partial charge in [-0.15, -0.1) is 0 Å². The molecule has 1 aromatic carbocycles. The molecule has 0 saturated heterocycles. The van der Waals surface area contributed by atoms with Gasteiger partial charge in [-0.05, 0) is 25.0 Å². The molecule has 2 atom stereocenters. The van der Waals surface area contributed by atoms with E-state index in [0.29, 0.717) is 12.0 Å². The Labute approximate surface area is 136 Å². The maximum absolute atomic E-state index is 11.9. The summed E-state index contributed by atoms with van der Waals surface area (Å²) in [5.74, 6) is -1.73. The summed E-state index contributed by atoms with van der Waals surface area (Å²) in [6.07, 6.45) is 0.698. The van der Waals surface area contributed by atoms with Gasteiger partial charge in [-0.25, -0.2) is 9.59 Å². The molecule has 0 radical (unpaired) electrons. The maximum Gasteiger partial charge on any atom is 0.338 e. The Kier molecular flexibility index (Phi) is 7.25. The molecule has 0 bridgehead atoms. The summed E-state index contributed by atoms with van der Waals surface area (Å²) < 4.78 is 9.64. The van der Waals surface area contributed by atoms with E-state index in [9.17, 15) is 14.4 Å². The summed E-state index contributed by atoms with van der Waals surface area (Å²) in [4.78, 5) is 35.4. The number of methoxy groups -OCH3 is 1. The average molecular weight is 321 g/mol. The Bertz CT molecular complexity index is 553. The number of benzene rings is 1. The third-order valence-corrected chi connectivity index (χ3v) is 3.61. The number of carbonyl (C=O) groups excluding carboxylic acids is 3. The Morgan fingerprint density at radius 3 is 2.30 bits per heavy atom. The van der Waals surface area contributed by atoms with Crippen molar-refractivity contribution in [2.45, 2.75) is 33.2 Å². The second-order valence-corrected chi connectivity index (χ2v) is 5.40. The van der Waals surface area contributed by atoms with Crippen molar-refractivity contribution in [2.75, 3.05) is 13.7 Å². The van der Waals surface area contributed by atoms with E-state index in [0.717, 1.165) is 5.56 Å². The molecule has 6 nitrogen and oxygen atoms in total. The normalized spacial score (nSPS) is 12.9. The Hall–Kier alpha value is -2.37. The zero-order valence-corrected chi connectivity index (χ0v) is 13.9. The summed E-state index contributed by atoms with van der Waals surface area (Å²) in [6, 6.07) is 6.08. The highest BCUT2D eigenvalue weighted by Gasteiger charge is 2.26. The van der Waals surface area contributed by atoms with Crippen molar-refractivity contribution in [1.82, 2.24) is 5.32 Å². The lowest BCUT2D eigenvalue weighted by molar-refractivity contribution is -0.147. The first-order valence-corrected chi connectivity index (χ1v) is 7.50. The van der Waals surface area contributed by atoms with Crippen LogP contribution in [0.4, 0.5) is 0 Å². The van der Waals surface area contributed by atoms with Crippen molar-refractivity contribution in [3.05, 3.63) is 35.4 Å². The first-order valence-electron chi connectivity index (χ1n) is 7.50. The number of nitrogens with one attached hydrogen (secondary N) is 1. The van der Waals surface area contributed by atoms with Gasteiger partial charge in [-0.1, -0.05) is 38.0 Å². The van der Waals surface area contributed by atoms with E-state index in [1.54, 1.807) is 24.3 Å². The number of rotatable bonds is 7. The number of esters is 2. The van der Waals surface area contributed by atoms with Gasteiger partial charge in [0.2, 0.25) is 0 Å². The molecule has 0 aromatic heterocycles. The molecule has 0 aliphatic heterocycles. The van der Waals surface area contributed by atoms with Crippen LogP contribution < -0.4 is 5.32 Å². The number of hydrogen-bond acceptors (Lipinski definition) is 5. The molecule has 126 valence electrons. The van der Waals surface area contributed by atoms with E-state index in [1.807, 2.05) is 20.8 Å². The molecule has 0 aliphatic rings. The second kappa shape index (κ2) is 8.92. The van der Waals surface area contributed by atoms with Gasteiger partial charge in [0.1, 0.15) is 6.04 Å². The van der Waals surface area contributed by atoms with E-state index in [1.165, 1.54) is 7.11 Å². The third-order valence-electron chi connectivity index (χ3n) is 3.61. The largest absolute Gasteiger partial charge is 0.467 e. The van der Waals surface area contributed by atoms with Crippen LogP contribution in [0.2, 0.25) is 0 Å². The van der Waals surface area contributed by atoms with Crippen molar-refractivity contribution in [3.8, 4) is 0 Å². The smallest absolute Gasteiger partial charge is 0.338 e. The maximum atomic E-state index is 11.9. The molecule has 0 unspecified atom stereocenters. The highest BCUT2D eigenvalue weighted by molar-refractivity contribution is 5.92. The van der Waals surface area contributed by atoms with Gasteiger partial charge < -0.3 is 14.8 Å². The van der Waals surface area contributed by atoms with Gasteiger partial charge in [-0.3, -0.25) is 4.79 Å². The first kappa shape index (κ1) is 18.7. The van der Waals surface area contributed by atoms with Crippen LogP contribution in [-0.4, -0.2) is 37.6 Å². The Morgan fingerprint density at radius 1 is 1.17 bits per heavy atom. The SMILES string of the molecule is CC[C@@H](C)[C@@H](NC(=O)COC(=O)c1ccc(C)cc1)C(=O)OC. The van der Waals surface area contributed by atoms with Crippen LogP contribution in [0, 0.1) is 12.8 Å². The number of amides is 1. The van der Waals surface area contributed by atoms with Crippen molar-refractivity contribution >= 4 is 17.8 Å². The summed E-state index contributed by atoms with van der Waals surface area (Å²) in [5.41, 5.74) is 1.39. The molecule has 1 rings (SSSR count). The van der Waals surface area contributed by atoms with Crippen LogP contribution in [0.25, 0.3) is 0 Å². The predicted octanol–water partition coefficient (Wildman–Crippen LogP) is 1.86. The minimum absolute atomic E-state index is 0.0841. The lowest BCUT2D eigenvalue weighted by atomic mass is 9.99. The van der Waals surface area contributed by atoms with Gasteiger partial charge in [0.15, 0.2) is 6.61 Å². The quantitative estimate of drug-likeness (QED) is 0.775. The fourth-order valence-electron chi connectivity index (χ4n) is 1.92. The van der Waals surface area contributed by atoms with E-state index >= 15 is 0 Å². The van der Waals surface area contributed by atoms with E-state index in [4.69, 9.17) is 4.74 Å². The zero-order valence-electron chi connectivity index (χ0n) is 13.9. The highest BCUT2D eigenvalue weighted by Crippen LogP contribution is 2.09. The molecule has 0 saturated carbocycles. The van der Waals surface area contributed by atoms with Gasteiger partial charge >= 0.3 is 11.9 Å². The molecule has 23 heavy (non-hydrogen) atoms. The van der Waals surface area contributed by atoms with E-state index < -0.39 is 30.5 Å². The standard InChI is InChI=1S/C17H23NO5/c1-5-12(3)15(17(21)22-4)18-14(19)10-23-16(20)13-8-6-11(2)7-9-13/h6-9,12,15H,5,10H2,1-4H3,(H,18,19)/t12-,15-/m1/s1. The van der Waals surface area contributed by atoms with Crippen LogP contribution in [0.15, 0.2) is 24.3 Å². The topological polar surface area (TPSA) is 81.7 Å². The second-order valence-electron chi connectivity index (χ2n) is 5.40. The van der Waals surface area contributed by atoms with Crippen molar-refractivity contribution in [1.29, 1.82) is 0 Å². The molecule has 1 N–H and O–H groups in total. The van der Waals surface area contributed by atoms with Gasteiger partial charge in [0.25, 0.3) is 5.91 Å². The zero-order chi connectivity index (χ0) is 17.4. The fourth-order valence-corrected chi connectivity index (χ4v) is 1.92. The lowest BCUT2D eigenvalue weighted by Crippen LogP contribution is -2.47. The fraction of sp³-hybridized carbons (Fsp3) is 0.471. The average Bonchev–Trinajstić information content (AvgIpc) is 2.56. The van der Waals surface area contributed by atoms with Gasteiger partial charge in [0, 0.05) is 0 Å². The van der Waals surface area contributed by atoms with Crippen LogP contribution in [0.3, 0.4) is 0 Å². The van der Waals surface area contributed by atoms with Crippen LogP contribution in [0.5, 0.6) is 0 Å². The molecule has 0 aliphatic carbocycles. The molecule has 0 spiro atoms. The molecule has 6 heteroatoms. The molecular formula is C17H23NO5.